The van der Waals surface area contributed by atoms with E-state index in [2.05, 4.69) is 52.2 Å². The van der Waals surface area contributed by atoms with E-state index in [-0.39, 0.29) is 0 Å². The Hall–Kier alpha value is -3.74. The zero-order valence-electron chi connectivity index (χ0n) is 19.1. The van der Waals surface area contributed by atoms with E-state index < -0.39 is 0 Å². The van der Waals surface area contributed by atoms with Gasteiger partial charge in [0.05, 0.1) is 12.8 Å². The maximum atomic E-state index is 5.62. The van der Waals surface area contributed by atoms with Gasteiger partial charge in [0, 0.05) is 50.2 Å². The van der Waals surface area contributed by atoms with Crippen LogP contribution in [-0.2, 0) is 7.05 Å². The summed E-state index contributed by atoms with van der Waals surface area (Å²) in [6, 6.07) is 16.5. The molecule has 3 aromatic rings. The van der Waals surface area contributed by atoms with E-state index in [0.717, 1.165) is 36.2 Å². The molecule has 2 aromatic carbocycles. The van der Waals surface area contributed by atoms with E-state index in [1.165, 1.54) is 11.1 Å². The van der Waals surface area contributed by atoms with Gasteiger partial charge in [-0.05, 0) is 31.5 Å². The van der Waals surface area contributed by atoms with Crippen LogP contribution in [0.2, 0.25) is 0 Å². The van der Waals surface area contributed by atoms with Gasteiger partial charge in [-0.25, -0.2) is 4.68 Å². The summed E-state index contributed by atoms with van der Waals surface area (Å²) < 4.78 is 7.45. The van der Waals surface area contributed by atoms with Gasteiger partial charge in [0.25, 0.3) is 0 Å². The van der Waals surface area contributed by atoms with Gasteiger partial charge in [-0.15, -0.1) is 5.10 Å². The summed E-state index contributed by atoms with van der Waals surface area (Å²) in [5.41, 5.74) is 4.31. The Bertz CT molecular complexity index is 1110. The lowest BCUT2D eigenvalue weighted by molar-refractivity contribution is 0.416. The normalized spacial score (nSPS) is 13.3. The molecule has 1 aliphatic heterocycles. The van der Waals surface area contributed by atoms with Crippen molar-refractivity contribution in [3.63, 3.8) is 0 Å². The number of rotatable bonds is 8. The molecule has 1 fully saturated rings. The highest BCUT2D eigenvalue weighted by Crippen LogP contribution is 2.34. The molecule has 7 nitrogen and oxygen atoms in total. The first kappa shape index (κ1) is 21.5. The van der Waals surface area contributed by atoms with Crippen molar-refractivity contribution in [3.8, 4) is 5.75 Å². The van der Waals surface area contributed by atoms with Gasteiger partial charge in [-0.2, -0.15) is 4.98 Å². The Balaban J connectivity index is 1.47. The first-order chi connectivity index (χ1) is 15.5. The van der Waals surface area contributed by atoms with Gasteiger partial charge < -0.3 is 19.9 Å². The molecule has 1 aromatic heterocycles. The van der Waals surface area contributed by atoms with E-state index in [0.29, 0.717) is 11.9 Å². The van der Waals surface area contributed by atoms with Gasteiger partial charge >= 0.3 is 0 Å². The molecule has 1 aliphatic rings. The third kappa shape index (κ3) is 4.46. The molecule has 1 N–H and O–H groups in total. The van der Waals surface area contributed by atoms with Crippen LogP contribution in [0.25, 0.3) is 0 Å². The molecule has 166 valence electrons. The first-order valence-corrected chi connectivity index (χ1v) is 10.7. The third-order valence-corrected chi connectivity index (χ3v) is 5.48. The van der Waals surface area contributed by atoms with Crippen LogP contribution in [0.4, 0.5) is 23.3 Å². The molecular weight excluding hydrogens is 400 g/mol. The maximum Gasteiger partial charge on any atom is 0.248 e. The van der Waals surface area contributed by atoms with Crippen LogP contribution in [0, 0.1) is 0 Å². The van der Waals surface area contributed by atoms with Crippen molar-refractivity contribution >= 4 is 23.3 Å². The Kier molecular flexibility index (Phi) is 6.16. The number of nitrogens with zero attached hydrogens (tertiary/aromatic N) is 5. The molecule has 0 unspecified atom stereocenters. The number of nitrogens with one attached hydrogen (secondary N) is 1. The predicted octanol–water partition coefficient (Wildman–Crippen LogP) is 5.04. The second kappa shape index (κ2) is 9.18. The van der Waals surface area contributed by atoms with E-state index in [1.807, 2.05) is 54.9 Å². The summed E-state index contributed by atoms with van der Waals surface area (Å²) in [4.78, 5) is 8.91. The number of anilines is 4. The molecule has 4 rings (SSSR count). The van der Waals surface area contributed by atoms with Crippen LogP contribution >= 0.6 is 0 Å². The fourth-order valence-electron chi connectivity index (χ4n) is 3.88. The topological polar surface area (TPSA) is 58.5 Å². The number of aromatic nitrogens is 3. The number of hydrogen-bond donors (Lipinski definition) is 1. The molecule has 0 aliphatic carbocycles. The van der Waals surface area contributed by atoms with E-state index in [4.69, 9.17) is 9.72 Å². The number of ether oxygens (including phenoxy) is 1. The Morgan fingerprint density at radius 1 is 1.19 bits per heavy atom. The minimum atomic E-state index is 0.537. The summed E-state index contributed by atoms with van der Waals surface area (Å²) >= 11 is 0. The average Bonchev–Trinajstić information content (AvgIpc) is 3.11. The smallest absolute Gasteiger partial charge is 0.248 e. The van der Waals surface area contributed by atoms with Crippen LogP contribution in [0.3, 0.4) is 0 Å². The first-order valence-electron chi connectivity index (χ1n) is 10.7. The molecule has 0 atom stereocenters. The molecule has 0 radical (unpaired) electrons. The number of benzene rings is 2. The summed E-state index contributed by atoms with van der Waals surface area (Å²) in [5.74, 6) is 2.70. The molecule has 2 heterocycles. The van der Waals surface area contributed by atoms with Gasteiger partial charge in [0.2, 0.25) is 11.9 Å². The van der Waals surface area contributed by atoms with Crippen molar-refractivity contribution < 1.29 is 4.74 Å². The zero-order chi connectivity index (χ0) is 22.7. The Labute approximate surface area is 189 Å². The molecule has 0 saturated carbocycles. The molecule has 0 bridgehead atoms. The van der Waals surface area contributed by atoms with E-state index >= 15 is 0 Å². The maximum absolute atomic E-state index is 5.62. The van der Waals surface area contributed by atoms with Crippen molar-refractivity contribution in [1.82, 2.24) is 14.8 Å². The fraction of sp³-hybridized carbons (Fsp3) is 0.280. The quantitative estimate of drug-likeness (QED) is 0.540. The molecule has 32 heavy (non-hydrogen) atoms. The predicted molar refractivity (Wildman–Crippen MR) is 131 cm³/mol. The Morgan fingerprint density at radius 2 is 1.94 bits per heavy atom. The summed E-state index contributed by atoms with van der Waals surface area (Å²) in [6.45, 7) is 9.89. The van der Waals surface area contributed by atoms with Crippen LogP contribution in [0.15, 0.2) is 73.1 Å². The van der Waals surface area contributed by atoms with Gasteiger partial charge in [-0.1, -0.05) is 42.5 Å². The lowest BCUT2D eigenvalue weighted by Crippen LogP contribution is -2.46. The molecule has 1 saturated heterocycles. The zero-order valence-corrected chi connectivity index (χ0v) is 19.1. The summed E-state index contributed by atoms with van der Waals surface area (Å²) in [5, 5.41) is 7.85. The standard InChI is InChI=1S/C25H30N6O/c1-6-30(15-18(2)3)22-13-12-21(14-23(22)32-5)26-24-27-25(29(4)28-24)31-16-20(17-31)19-10-8-7-9-11-19/h6-15,20H,1,16-17H2,2-5H3,(H,26,28). The third-order valence-electron chi connectivity index (χ3n) is 5.48. The lowest BCUT2D eigenvalue weighted by atomic mass is 9.92. The van der Waals surface area contributed by atoms with Crippen LogP contribution in [0.1, 0.15) is 25.3 Å². The van der Waals surface area contributed by atoms with Crippen molar-refractivity contribution in [3.05, 3.63) is 78.6 Å². The Morgan fingerprint density at radius 3 is 2.59 bits per heavy atom. The van der Waals surface area contributed by atoms with Gasteiger partial charge in [0.1, 0.15) is 5.75 Å². The average molecular weight is 431 g/mol. The number of aryl methyl sites for hydroxylation is 1. The second-order valence-corrected chi connectivity index (χ2v) is 8.18. The highest BCUT2D eigenvalue weighted by atomic mass is 16.5. The largest absolute Gasteiger partial charge is 0.494 e. The molecule has 0 spiro atoms. The van der Waals surface area contributed by atoms with E-state index in [9.17, 15) is 0 Å². The van der Waals surface area contributed by atoms with E-state index in [1.54, 1.807) is 13.3 Å². The molecular formula is C25H30N6O. The molecule has 0 amide bonds. The van der Waals surface area contributed by atoms with Crippen molar-refractivity contribution in [2.45, 2.75) is 19.8 Å². The number of methoxy groups -OCH3 is 1. The van der Waals surface area contributed by atoms with Gasteiger partial charge in [0.15, 0.2) is 0 Å². The second-order valence-electron chi connectivity index (χ2n) is 8.18. The number of allylic oxidation sites excluding steroid dienone is 1. The summed E-state index contributed by atoms with van der Waals surface area (Å²) in [6.07, 6.45) is 3.78. The van der Waals surface area contributed by atoms with Crippen LogP contribution in [-0.4, -0.2) is 35.0 Å². The van der Waals surface area contributed by atoms with Crippen molar-refractivity contribution in [2.75, 3.05) is 35.3 Å². The number of hydrogen-bond acceptors (Lipinski definition) is 6. The fourth-order valence-corrected chi connectivity index (χ4v) is 3.88. The minimum absolute atomic E-state index is 0.537. The van der Waals surface area contributed by atoms with Crippen LogP contribution < -0.4 is 19.9 Å². The minimum Gasteiger partial charge on any atom is -0.494 e. The van der Waals surface area contributed by atoms with Crippen molar-refractivity contribution in [2.24, 2.45) is 7.05 Å². The van der Waals surface area contributed by atoms with Crippen molar-refractivity contribution in [1.29, 1.82) is 0 Å². The molecule has 7 heteroatoms. The SMILES string of the molecule is C=CN(C=C(C)C)c1ccc(Nc2nc(N3CC(c4ccccc4)C3)n(C)n2)cc1OC. The monoisotopic (exact) mass is 430 g/mol. The van der Waals surface area contributed by atoms with Crippen LogP contribution in [0.5, 0.6) is 5.75 Å². The lowest BCUT2D eigenvalue weighted by Gasteiger charge is -2.39. The highest BCUT2D eigenvalue weighted by Gasteiger charge is 2.31. The highest BCUT2D eigenvalue weighted by molar-refractivity contribution is 5.69. The van der Waals surface area contributed by atoms with Gasteiger partial charge in [-0.3, -0.25) is 0 Å². The summed E-state index contributed by atoms with van der Waals surface area (Å²) in [7, 11) is 3.59.